The van der Waals surface area contributed by atoms with E-state index in [2.05, 4.69) is 22.7 Å². The largest absolute Gasteiger partial charge is 0.271 e. The number of amides is 1. The number of nitrogens with zero attached hydrogens (tertiary/aromatic N) is 1. The fourth-order valence-electron chi connectivity index (χ4n) is 2.43. The zero-order valence-electron chi connectivity index (χ0n) is 13.7. The quantitative estimate of drug-likeness (QED) is 0.548. The molecule has 0 unspecified atom stereocenters. The molecular formula is C21H17FN2O. The zero-order chi connectivity index (χ0) is 17.6. The molecule has 0 heterocycles. The Morgan fingerprint density at radius 1 is 0.840 bits per heavy atom. The van der Waals surface area contributed by atoms with Crippen LogP contribution in [-0.2, 0) is 0 Å². The van der Waals surface area contributed by atoms with Gasteiger partial charge < -0.3 is 0 Å². The molecule has 0 bridgehead atoms. The predicted octanol–water partition coefficient (Wildman–Crippen LogP) is 4.65. The molecule has 0 aromatic heterocycles. The van der Waals surface area contributed by atoms with Crippen LogP contribution in [0.15, 0.2) is 84.0 Å². The molecule has 1 N–H and O–H groups in total. The Morgan fingerprint density at radius 3 is 2.20 bits per heavy atom. The molecule has 0 saturated heterocycles. The monoisotopic (exact) mass is 332 g/mol. The first-order valence-corrected chi connectivity index (χ1v) is 7.89. The minimum absolute atomic E-state index is 0.232. The lowest BCUT2D eigenvalue weighted by Gasteiger charge is -2.05. The molecule has 3 nitrogen and oxygen atoms in total. The average molecular weight is 332 g/mol. The number of benzene rings is 3. The third-order valence-electron chi connectivity index (χ3n) is 3.82. The molecule has 0 saturated carbocycles. The van der Waals surface area contributed by atoms with Crippen LogP contribution in [0.25, 0.3) is 11.1 Å². The molecule has 0 fully saturated rings. The minimum atomic E-state index is -0.454. The van der Waals surface area contributed by atoms with Gasteiger partial charge in [0.1, 0.15) is 5.82 Å². The van der Waals surface area contributed by atoms with Crippen molar-refractivity contribution in [2.45, 2.75) is 6.92 Å². The van der Waals surface area contributed by atoms with Crippen molar-refractivity contribution in [3.05, 3.63) is 95.8 Å². The summed E-state index contributed by atoms with van der Waals surface area (Å²) in [4.78, 5) is 12.0. The summed E-state index contributed by atoms with van der Waals surface area (Å²) in [5.74, 6) is -0.899. The van der Waals surface area contributed by atoms with Crippen molar-refractivity contribution in [1.82, 2.24) is 5.43 Å². The number of hydrazone groups is 1. The number of carbonyl (C=O) groups excluding carboxylic acids is 1. The van der Waals surface area contributed by atoms with E-state index in [9.17, 15) is 9.18 Å². The van der Waals surface area contributed by atoms with E-state index < -0.39 is 11.7 Å². The van der Waals surface area contributed by atoms with Crippen molar-refractivity contribution in [1.29, 1.82) is 0 Å². The van der Waals surface area contributed by atoms with Crippen LogP contribution in [0.3, 0.4) is 0 Å². The summed E-state index contributed by atoms with van der Waals surface area (Å²) in [5, 5.41) is 4.10. The van der Waals surface area contributed by atoms with E-state index in [0.717, 1.165) is 16.7 Å². The van der Waals surface area contributed by atoms with Gasteiger partial charge in [-0.1, -0.05) is 60.7 Å². The topological polar surface area (TPSA) is 41.5 Å². The maximum atomic E-state index is 13.2. The van der Waals surface area contributed by atoms with Crippen LogP contribution in [0.5, 0.6) is 0 Å². The lowest BCUT2D eigenvalue weighted by atomic mass is 10.0. The fourth-order valence-corrected chi connectivity index (χ4v) is 2.43. The highest BCUT2D eigenvalue weighted by atomic mass is 19.1. The van der Waals surface area contributed by atoms with Gasteiger partial charge in [0, 0.05) is 5.56 Å². The first-order valence-electron chi connectivity index (χ1n) is 7.89. The summed E-state index contributed by atoms with van der Waals surface area (Å²) in [6.45, 7) is 1.81. The number of carbonyl (C=O) groups is 1. The highest BCUT2D eigenvalue weighted by molar-refractivity contribution is 6.01. The Morgan fingerprint density at radius 2 is 1.52 bits per heavy atom. The molecule has 124 valence electrons. The van der Waals surface area contributed by atoms with E-state index in [1.54, 1.807) is 0 Å². The van der Waals surface area contributed by atoms with E-state index in [-0.39, 0.29) is 5.56 Å². The fraction of sp³-hybridized carbons (Fsp3) is 0.0476. The lowest BCUT2D eigenvalue weighted by Crippen LogP contribution is -2.19. The van der Waals surface area contributed by atoms with E-state index in [1.165, 1.54) is 24.3 Å². The number of rotatable bonds is 4. The average Bonchev–Trinajstić information content (AvgIpc) is 2.66. The first-order chi connectivity index (χ1) is 12.1. The van der Waals surface area contributed by atoms with E-state index in [4.69, 9.17) is 0 Å². The van der Waals surface area contributed by atoms with E-state index >= 15 is 0 Å². The summed E-state index contributed by atoms with van der Waals surface area (Å²) < 4.78 is 13.2. The summed E-state index contributed by atoms with van der Waals surface area (Å²) in [7, 11) is 0. The molecule has 3 aromatic rings. The number of hydrogen-bond donors (Lipinski definition) is 1. The van der Waals surface area contributed by atoms with Gasteiger partial charge in [0.15, 0.2) is 0 Å². The van der Waals surface area contributed by atoms with Crippen LogP contribution in [0.2, 0.25) is 0 Å². The van der Waals surface area contributed by atoms with Crippen LogP contribution >= 0.6 is 0 Å². The third kappa shape index (κ3) is 4.18. The molecule has 3 aromatic carbocycles. The van der Waals surface area contributed by atoms with Crippen molar-refractivity contribution in [2.24, 2.45) is 5.10 Å². The minimum Gasteiger partial charge on any atom is -0.267 e. The summed E-state index contributed by atoms with van der Waals surface area (Å²) >= 11 is 0. The van der Waals surface area contributed by atoms with Crippen LogP contribution in [-0.4, -0.2) is 11.6 Å². The van der Waals surface area contributed by atoms with Crippen LogP contribution < -0.4 is 5.43 Å². The summed E-state index contributed by atoms with van der Waals surface area (Å²) in [6.07, 6.45) is 0. The molecule has 1 amide bonds. The van der Waals surface area contributed by atoms with Crippen molar-refractivity contribution in [2.75, 3.05) is 0 Å². The van der Waals surface area contributed by atoms with Crippen molar-refractivity contribution in [3.63, 3.8) is 0 Å². The Kier molecular flexibility index (Phi) is 5.00. The maximum Gasteiger partial charge on any atom is 0.271 e. The number of nitrogens with one attached hydrogen (secondary N) is 1. The smallest absolute Gasteiger partial charge is 0.267 e. The second-order valence-corrected chi connectivity index (χ2v) is 5.59. The lowest BCUT2D eigenvalue weighted by molar-refractivity contribution is 0.0954. The van der Waals surface area contributed by atoms with Crippen LogP contribution in [0.1, 0.15) is 22.8 Å². The standard InChI is InChI=1S/C21H17FN2O/c1-15(23-24-21(25)19-8-5-9-20(22)14-19)16-10-12-18(13-11-16)17-6-3-2-4-7-17/h2-14H,1H3,(H,24,25)/b23-15-. The number of hydrogen-bond acceptors (Lipinski definition) is 2. The van der Waals surface area contributed by atoms with Crippen molar-refractivity contribution < 1.29 is 9.18 Å². The third-order valence-corrected chi connectivity index (χ3v) is 3.82. The van der Waals surface area contributed by atoms with Gasteiger partial charge >= 0.3 is 0 Å². The van der Waals surface area contributed by atoms with Gasteiger partial charge in [0.2, 0.25) is 0 Å². The highest BCUT2D eigenvalue weighted by Crippen LogP contribution is 2.19. The first kappa shape index (κ1) is 16.6. The zero-order valence-corrected chi connectivity index (χ0v) is 13.7. The molecule has 0 atom stereocenters. The van der Waals surface area contributed by atoms with Gasteiger partial charge in [-0.3, -0.25) is 4.79 Å². The van der Waals surface area contributed by atoms with Gasteiger partial charge in [0.05, 0.1) is 5.71 Å². The molecule has 25 heavy (non-hydrogen) atoms. The summed E-state index contributed by atoms with van der Waals surface area (Å²) in [5.41, 5.74) is 6.51. The van der Waals surface area contributed by atoms with E-state index in [0.29, 0.717) is 5.71 Å². The highest BCUT2D eigenvalue weighted by Gasteiger charge is 2.06. The SMILES string of the molecule is C/C(=N/NC(=O)c1cccc(F)c1)c1ccc(-c2ccccc2)cc1. The molecule has 0 aliphatic rings. The van der Waals surface area contributed by atoms with Crippen LogP contribution in [0.4, 0.5) is 4.39 Å². The molecule has 0 spiro atoms. The Bertz CT molecular complexity index is 903. The maximum absolute atomic E-state index is 13.2. The van der Waals surface area contributed by atoms with Crippen molar-refractivity contribution >= 4 is 11.6 Å². The van der Waals surface area contributed by atoms with Gasteiger partial charge in [-0.25, -0.2) is 9.82 Å². The molecule has 0 radical (unpaired) electrons. The second-order valence-electron chi connectivity index (χ2n) is 5.59. The second kappa shape index (κ2) is 7.53. The molecule has 4 heteroatoms. The van der Waals surface area contributed by atoms with Crippen molar-refractivity contribution in [3.8, 4) is 11.1 Å². The summed E-state index contributed by atoms with van der Waals surface area (Å²) in [6, 6.07) is 23.5. The molecule has 3 rings (SSSR count). The molecular weight excluding hydrogens is 315 g/mol. The normalized spacial score (nSPS) is 11.2. The van der Waals surface area contributed by atoms with Gasteiger partial charge in [-0.05, 0) is 41.8 Å². The van der Waals surface area contributed by atoms with Gasteiger partial charge in [-0.15, -0.1) is 0 Å². The van der Waals surface area contributed by atoms with E-state index in [1.807, 2.05) is 49.4 Å². The molecule has 0 aliphatic carbocycles. The van der Waals surface area contributed by atoms with Crippen LogP contribution in [0, 0.1) is 5.82 Å². The molecule has 0 aliphatic heterocycles. The number of halogens is 1. The van der Waals surface area contributed by atoms with Gasteiger partial charge in [-0.2, -0.15) is 5.10 Å². The Balaban J connectivity index is 1.71. The Hall–Kier alpha value is -3.27. The van der Waals surface area contributed by atoms with Gasteiger partial charge in [0.25, 0.3) is 5.91 Å². The predicted molar refractivity (Wildman–Crippen MR) is 98.0 cm³/mol. The Labute approximate surface area is 145 Å².